The number of methoxy groups -OCH3 is 1. The Bertz CT molecular complexity index is 771. The maximum atomic E-state index is 12.5. The topological polar surface area (TPSA) is 49.9 Å². The third-order valence-electron chi connectivity index (χ3n) is 4.55. The normalized spacial score (nSPS) is 14.8. The predicted molar refractivity (Wildman–Crippen MR) is 95.0 cm³/mol. The van der Waals surface area contributed by atoms with Crippen LogP contribution in [0.2, 0.25) is 0 Å². The van der Waals surface area contributed by atoms with Gasteiger partial charge in [0, 0.05) is 26.2 Å². The van der Waals surface area contributed by atoms with Crippen LogP contribution in [0.5, 0.6) is 5.75 Å². The van der Waals surface area contributed by atoms with E-state index in [0.717, 1.165) is 22.4 Å². The Labute approximate surface area is 147 Å². The highest BCUT2D eigenvalue weighted by molar-refractivity contribution is 6.35. The van der Waals surface area contributed by atoms with Crippen LogP contribution in [0.4, 0.5) is 0 Å². The van der Waals surface area contributed by atoms with Gasteiger partial charge in [0.15, 0.2) is 0 Å². The van der Waals surface area contributed by atoms with Crippen LogP contribution in [0.1, 0.15) is 16.7 Å². The maximum absolute atomic E-state index is 12.5. The van der Waals surface area contributed by atoms with Gasteiger partial charge in [-0.15, -0.1) is 0 Å². The molecule has 2 aromatic rings. The fourth-order valence-corrected chi connectivity index (χ4v) is 2.96. The van der Waals surface area contributed by atoms with Crippen molar-refractivity contribution in [1.82, 2.24) is 9.80 Å². The Kier molecular flexibility index (Phi) is 5.03. The summed E-state index contributed by atoms with van der Waals surface area (Å²) >= 11 is 0. The summed E-state index contributed by atoms with van der Waals surface area (Å²) in [5.41, 5.74) is 3.19. The molecule has 1 fully saturated rings. The standard InChI is InChI=1S/C20H22N2O3/c1-15-5-3-4-6-17(15)14-22-12-11-21(19(23)20(22)24)13-16-7-9-18(25-2)10-8-16/h3-10H,11-14H2,1-2H3. The third kappa shape index (κ3) is 3.82. The first-order valence-electron chi connectivity index (χ1n) is 8.34. The van der Waals surface area contributed by atoms with Crippen molar-refractivity contribution in [3.05, 3.63) is 65.2 Å². The van der Waals surface area contributed by atoms with E-state index >= 15 is 0 Å². The molecule has 0 atom stereocenters. The van der Waals surface area contributed by atoms with Crippen molar-refractivity contribution in [2.75, 3.05) is 20.2 Å². The number of carbonyl (C=O) groups is 2. The van der Waals surface area contributed by atoms with Crippen LogP contribution in [-0.4, -0.2) is 41.8 Å². The van der Waals surface area contributed by atoms with Crippen LogP contribution in [0.3, 0.4) is 0 Å². The van der Waals surface area contributed by atoms with E-state index in [4.69, 9.17) is 4.74 Å². The largest absolute Gasteiger partial charge is 0.497 e. The lowest BCUT2D eigenvalue weighted by Gasteiger charge is -2.34. The summed E-state index contributed by atoms with van der Waals surface area (Å²) in [6, 6.07) is 15.5. The van der Waals surface area contributed by atoms with Crippen LogP contribution in [-0.2, 0) is 22.7 Å². The van der Waals surface area contributed by atoms with Gasteiger partial charge in [-0.2, -0.15) is 0 Å². The van der Waals surface area contributed by atoms with Gasteiger partial charge < -0.3 is 14.5 Å². The lowest BCUT2D eigenvalue weighted by atomic mass is 10.1. The van der Waals surface area contributed by atoms with Crippen LogP contribution in [0, 0.1) is 6.92 Å². The van der Waals surface area contributed by atoms with Crippen molar-refractivity contribution in [2.45, 2.75) is 20.0 Å². The molecule has 1 heterocycles. The summed E-state index contributed by atoms with van der Waals surface area (Å²) in [4.78, 5) is 28.1. The molecule has 130 valence electrons. The van der Waals surface area contributed by atoms with E-state index in [2.05, 4.69) is 0 Å². The number of amides is 2. The van der Waals surface area contributed by atoms with Gasteiger partial charge >= 0.3 is 11.8 Å². The summed E-state index contributed by atoms with van der Waals surface area (Å²) in [7, 11) is 1.62. The van der Waals surface area contributed by atoms with Crippen molar-refractivity contribution < 1.29 is 14.3 Å². The summed E-state index contributed by atoms with van der Waals surface area (Å²) in [5, 5.41) is 0. The summed E-state index contributed by atoms with van der Waals surface area (Å²) < 4.78 is 5.14. The van der Waals surface area contributed by atoms with E-state index in [9.17, 15) is 9.59 Å². The molecule has 0 unspecified atom stereocenters. The van der Waals surface area contributed by atoms with Crippen molar-refractivity contribution in [2.24, 2.45) is 0 Å². The first-order chi connectivity index (χ1) is 12.1. The smallest absolute Gasteiger partial charge is 0.312 e. The molecule has 5 nitrogen and oxygen atoms in total. The zero-order valence-electron chi connectivity index (χ0n) is 14.6. The molecular formula is C20H22N2O3. The fourth-order valence-electron chi connectivity index (χ4n) is 2.96. The van der Waals surface area contributed by atoms with Crippen molar-refractivity contribution in [1.29, 1.82) is 0 Å². The highest BCUT2D eigenvalue weighted by atomic mass is 16.5. The molecule has 1 aliphatic heterocycles. The molecule has 0 spiro atoms. The van der Waals surface area contributed by atoms with Crippen molar-refractivity contribution >= 4 is 11.8 Å². The van der Waals surface area contributed by atoms with Crippen LogP contribution >= 0.6 is 0 Å². The van der Waals surface area contributed by atoms with E-state index in [0.29, 0.717) is 26.2 Å². The minimum Gasteiger partial charge on any atom is -0.497 e. The Balaban J connectivity index is 1.64. The van der Waals surface area contributed by atoms with Crippen LogP contribution in [0.25, 0.3) is 0 Å². The number of ether oxygens (including phenoxy) is 1. The number of piperazine rings is 1. The predicted octanol–water partition coefficient (Wildman–Crippen LogP) is 2.37. The lowest BCUT2D eigenvalue weighted by Crippen LogP contribution is -2.53. The zero-order valence-corrected chi connectivity index (χ0v) is 14.6. The van der Waals surface area contributed by atoms with Crippen molar-refractivity contribution in [3.8, 4) is 5.75 Å². The van der Waals surface area contributed by atoms with Gasteiger partial charge in [0.25, 0.3) is 0 Å². The number of nitrogens with zero attached hydrogens (tertiary/aromatic N) is 2. The quantitative estimate of drug-likeness (QED) is 0.787. The number of hydrogen-bond donors (Lipinski definition) is 0. The monoisotopic (exact) mass is 338 g/mol. The molecule has 3 rings (SSSR count). The van der Waals surface area contributed by atoms with Gasteiger partial charge in [-0.25, -0.2) is 0 Å². The lowest BCUT2D eigenvalue weighted by molar-refractivity contribution is -0.156. The number of carbonyl (C=O) groups excluding carboxylic acids is 2. The van der Waals surface area contributed by atoms with E-state index in [1.165, 1.54) is 0 Å². The molecular weight excluding hydrogens is 316 g/mol. The average molecular weight is 338 g/mol. The molecule has 2 aromatic carbocycles. The van der Waals surface area contributed by atoms with Gasteiger partial charge in [-0.3, -0.25) is 9.59 Å². The molecule has 1 saturated heterocycles. The molecule has 0 aliphatic carbocycles. The summed E-state index contributed by atoms with van der Waals surface area (Å²) in [5.74, 6) is -0.0899. The average Bonchev–Trinajstić information content (AvgIpc) is 2.63. The minimum absolute atomic E-state index is 0.428. The van der Waals surface area contributed by atoms with Gasteiger partial charge in [0.05, 0.1) is 7.11 Å². The summed E-state index contributed by atoms with van der Waals surface area (Å²) in [6.45, 7) is 4.03. The number of aryl methyl sites for hydroxylation is 1. The highest BCUT2D eigenvalue weighted by Crippen LogP contribution is 2.17. The second-order valence-electron chi connectivity index (χ2n) is 6.23. The molecule has 0 aromatic heterocycles. The second kappa shape index (κ2) is 7.38. The molecule has 0 saturated carbocycles. The van der Waals surface area contributed by atoms with E-state index < -0.39 is 11.8 Å². The number of benzene rings is 2. The molecule has 5 heteroatoms. The first-order valence-corrected chi connectivity index (χ1v) is 8.34. The molecule has 0 radical (unpaired) electrons. The number of hydrogen-bond acceptors (Lipinski definition) is 3. The van der Waals surface area contributed by atoms with Crippen LogP contribution in [0.15, 0.2) is 48.5 Å². The van der Waals surface area contributed by atoms with Gasteiger partial charge in [-0.05, 0) is 35.7 Å². The minimum atomic E-state index is -0.435. The van der Waals surface area contributed by atoms with E-state index in [1.54, 1.807) is 16.9 Å². The maximum Gasteiger partial charge on any atom is 0.312 e. The Hall–Kier alpha value is -2.82. The Morgan fingerprint density at radius 1 is 0.880 bits per heavy atom. The molecule has 0 N–H and O–H groups in total. The van der Waals surface area contributed by atoms with Crippen LogP contribution < -0.4 is 4.74 Å². The second-order valence-corrected chi connectivity index (χ2v) is 6.23. The summed E-state index contributed by atoms with van der Waals surface area (Å²) in [6.07, 6.45) is 0. The zero-order chi connectivity index (χ0) is 17.8. The van der Waals surface area contributed by atoms with Crippen molar-refractivity contribution in [3.63, 3.8) is 0 Å². The fraction of sp³-hybridized carbons (Fsp3) is 0.300. The highest BCUT2D eigenvalue weighted by Gasteiger charge is 2.32. The van der Waals surface area contributed by atoms with Gasteiger partial charge in [0.1, 0.15) is 5.75 Å². The van der Waals surface area contributed by atoms with E-state index in [1.807, 2.05) is 55.5 Å². The molecule has 2 amide bonds. The number of rotatable bonds is 5. The molecule has 25 heavy (non-hydrogen) atoms. The Morgan fingerprint density at radius 2 is 1.48 bits per heavy atom. The molecule has 0 bridgehead atoms. The third-order valence-corrected chi connectivity index (χ3v) is 4.55. The SMILES string of the molecule is COc1ccc(CN2CCN(Cc3ccccc3C)C(=O)C2=O)cc1. The van der Waals surface area contributed by atoms with Gasteiger partial charge in [-0.1, -0.05) is 36.4 Å². The first kappa shape index (κ1) is 17.0. The Morgan fingerprint density at radius 3 is 2.08 bits per heavy atom. The van der Waals surface area contributed by atoms with Gasteiger partial charge in [0.2, 0.25) is 0 Å². The molecule has 1 aliphatic rings. The van der Waals surface area contributed by atoms with E-state index in [-0.39, 0.29) is 0 Å².